The number of nitrogens with zero attached hydrogens (tertiary/aromatic N) is 1. The lowest BCUT2D eigenvalue weighted by molar-refractivity contribution is -0.129. The summed E-state index contributed by atoms with van der Waals surface area (Å²) in [5.41, 5.74) is -0.000263. The minimum atomic E-state index is -0.000263. The molecule has 1 aliphatic rings. The lowest BCUT2D eigenvalue weighted by Gasteiger charge is -2.43. The van der Waals surface area contributed by atoms with Gasteiger partial charge in [0.2, 0.25) is 0 Å². The molecule has 0 aromatic rings. The summed E-state index contributed by atoms with van der Waals surface area (Å²) in [4.78, 5) is 2.61. The molecule has 0 radical (unpaired) electrons. The molecule has 1 saturated heterocycles. The van der Waals surface area contributed by atoms with Crippen LogP contribution in [0, 0.1) is 5.92 Å². The number of morpholine rings is 1. The summed E-state index contributed by atoms with van der Waals surface area (Å²) < 4.78 is 6.06. The second kappa shape index (κ2) is 7.86. The number of halogens is 1. The van der Waals surface area contributed by atoms with Crippen molar-refractivity contribution in [2.45, 2.75) is 65.1 Å². The number of rotatable bonds is 7. The summed E-state index contributed by atoms with van der Waals surface area (Å²) >= 11 is 3.56. The fourth-order valence-electron chi connectivity index (χ4n) is 2.92. The van der Waals surface area contributed by atoms with Crippen LogP contribution >= 0.6 is 15.9 Å². The second-order valence-corrected chi connectivity index (χ2v) is 6.91. The van der Waals surface area contributed by atoms with Crippen LogP contribution in [-0.4, -0.2) is 41.6 Å². The first-order valence-electron chi connectivity index (χ1n) is 7.46. The van der Waals surface area contributed by atoms with E-state index >= 15 is 0 Å². The number of unbranched alkanes of at least 4 members (excludes halogenated alkanes) is 1. The van der Waals surface area contributed by atoms with Crippen molar-refractivity contribution in [3.63, 3.8) is 0 Å². The maximum Gasteiger partial charge on any atom is 0.0806 e. The molecule has 2 atom stereocenters. The molecule has 0 aromatic heterocycles. The molecular formula is C15H30BrNO. The summed E-state index contributed by atoms with van der Waals surface area (Å²) in [5, 5.41) is 0.943. The van der Waals surface area contributed by atoms with Crippen molar-refractivity contribution in [2.24, 2.45) is 5.92 Å². The first-order chi connectivity index (χ1) is 8.50. The number of ether oxygens (including phenoxy) is 1. The first kappa shape index (κ1) is 16.5. The molecule has 18 heavy (non-hydrogen) atoms. The molecule has 0 bridgehead atoms. The van der Waals surface area contributed by atoms with Crippen LogP contribution < -0.4 is 0 Å². The molecule has 2 unspecified atom stereocenters. The third-order valence-electron chi connectivity index (χ3n) is 3.78. The van der Waals surface area contributed by atoms with Gasteiger partial charge >= 0.3 is 0 Å². The van der Waals surface area contributed by atoms with E-state index in [1.807, 2.05) is 0 Å². The summed E-state index contributed by atoms with van der Waals surface area (Å²) in [6.45, 7) is 12.4. The molecule has 0 N–H and O–H groups in total. The monoisotopic (exact) mass is 319 g/mol. The van der Waals surface area contributed by atoms with Gasteiger partial charge in [0, 0.05) is 25.0 Å². The van der Waals surface area contributed by atoms with E-state index in [9.17, 15) is 0 Å². The van der Waals surface area contributed by atoms with Crippen molar-refractivity contribution in [1.29, 1.82) is 0 Å². The third-order valence-corrected chi connectivity index (χ3v) is 4.51. The van der Waals surface area contributed by atoms with Crippen molar-refractivity contribution in [3.05, 3.63) is 0 Å². The maximum absolute atomic E-state index is 6.06. The van der Waals surface area contributed by atoms with Gasteiger partial charge in [-0.15, -0.1) is 0 Å². The Morgan fingerprint density at radius 1 is 1.39 bits per heavy atom. The zero-order chi connectivity index (χ0) is 13.6. The molecule has 0 aliphatic carbocycles. The van der Waals surface area contributed by atoms with E-state index < -0.39 is 0 Å². The predicted octanol–water partition coefficient (Wildman–Crippen LogP) is 4.08. The summed E-state index contributed by atoms with van der Waals surface area (Å²) in [6.07, 6.45) is 5.71. The second-order valence-electron chi connectivity index (χ2n) is 6.26. The Morgan fingerprint density at radius 3 is 2.67 bits per heavy atom. The van der Waals surface area contributed by atoms with E-state index in [0.29, 0.717) is 6.10 Å². The fourth-order valence-corrected chi connectivity index (χ4v) is 3.26. The van der Waals surface area contributed by atoms with Crippen LogP contribution in [0.25, 0.3) is 0 Å². The zero-order valence-corrected chi connectivity index (χ0v) is 14.1. The Bertz CT molecular complexity index is 233. The SMILES string of the molecule is CCCCC(CC)CN1CC(CBr)OC(C)(C)C1. The molecular weight excluding hydrogens is 290 g/mol. The molecule has 0 aromatic carbocycles. The van der Waals surface area contributed by atoms with Crippen molar-refractivity contribution in [1.82, 2.24) is 4.90 Å². The summed E-state index contributed by atoms with van der Waals surface area (Å²) in [5.74, 6) is 0.856. The molecule has 0 saturated carbocycles. The van der Waals surface area contributed by atoms with Crippen molar-refractivity contribution in [3.8, 4) is 0 Å². The largest absolute Gasteiger partial charge is 0.369 e. The van der Waals surface area contributed by atoms with Crippen LogP contribution in [0.1, 0.15) is 53.4 Å². The van der Waals surface area contributed by atoms with Crippen molar-refractivity contribution in [2.75, 3.05) is 25.0 Å². The molecule has 0 amide bonds. The Morgan fingerprint density at radius 2 is 2.11 bits per heavy atom. The average molecular weight is 320 g/mol. The highest BCUT2D eigenvalue weighted by molar-refractivity contribution is 9.09. The minimum Gasteiger partial charge on any atom is -0.369 e. The lowest BCUT2D eigenvalue weighted by Crippen LogP contribution is -2.54. The van der Waals surface area contributed by atoms with E-state index in [2.05, 4.69) is 48.5 Å². The molecule has 0 spiro atoms. The van der Waals surface area contributed by atoms with Crippen molar-refractivity contribution < 1.29 is 4.74 Å². The molecule has 108 valence electrons. The highest BCUT2D eigenvalue weighted by Crippen LogP contribution is 2.24. The van der Waals surface area contributed by atoms with Crippen LogP contribution in [0.4, 0.5) is 0 Å². The van der Waals surface area contributed by atoms with Gasteiger partial charge in [-0.25, -0.2) is 0 Å². The Labute approximate surface area is 122 Å². The minimum absolute atomic E-state index is 0.000263. The predicted molar refractivity (Wildman–Crippen MR) is 82.5 cm³/mol. The quantitative estimate of drug-likeness (QED) is 0.656. The lowest BCUT2D eigenvalue weighted by atomic mass is 9.97. The molecule has 1 fully saturated rings. The average Bonchev–Trinajstić information content (AvgIpc) is 2.32. The van der Waals surface area contributed by atoms with Gasteiger partial charge in [0.1, 0.15) is 0 Å². The van der Waals surface area contributed by atoms with Gasteiger partial charge < -0.3 is 4.74 Å². The highest BCUT2D eigenvalue weighted by Gasteiger charge is 2.33. The Hall–Kier alpha value is 0.400. The van der Waals surface area contributed by atoms with Crippen LogP contribution in [0.5, 0.6) is 0 Å². The van der Waals surface area contributed by atoms with Crippen molar-refractivity contribution >= 4 is 15.9 Å². The maximum atomic E-state index is 6.06. The van der Waals surface area contributed by atoms with Crippen LogP contribution in [0.3, 0.4) is 0 Å². The molecule has 1 aliphatic heterocycles. The van der Waals surface area contributed by atoms with E-state index in [-0.39, 0.29) is 5.60 Å². The number of hydrogen-bond donors (Lipinski definition) is 0. The van der Waals surface area contributed by atoms with E-state index in [1.165, 1.54) is 32.2 Å². The van der Waals surface area contributed by atoms with Crippen LogP contribution in [0.2, 0.25) is 0 Å². The Kier molecular flexibility index (Phi) is 7.19. The van der Waals surface area contributed by atoms with Gasteiger partial charge in [-0.1, -0.05) is 49.0 Å². The molecule has 1 rings (SSSR count). The van der Waals surface area contributed by atoms with Gasteiger partial charge in [-0.3, -0.25) is 4.90 Å². The van der Waals surface area contributed by atoms with Crippen LogP contribution in [0.15, 0.2) is 0 Å². The highest BCUT2D eigenvalue weighted by atomic mass is 79.9. The van der Waals surface area contributed by atoms with E-state index in [4.69, 9.17) is 4.74 Å². The van der Waals surface area contributed by atoms with Crippen LogP contribution in [-0.2, 0) is 4.74 Å². The summed E-state index contributed by atoms with van der Waals surface area (Å²) in [7, 11) is 0. The standard InChI is InChI=1S/C15H30BrNO/c1-5-7-8-13(6-2)10-17-11-14(9-16)18-15(3,4)12-17/h13-14H,5-12H2,1-4H3. The number of hydrogen-bond acceptors (Lipinski definition) is 2. The molecule has 3 heteroatoms. The summed E-state index contributed by atoms with van der Waals surface area (Å²) in [6, 6.07) is 0. The first-order valence-corrected chi connectivity index (χ1v) is 8.59. The van der Waals surface area contributed by atoms with E-state index in [0.717, 1.165) is 24.3 Å². The smallest absolute Gasteiger partial charge is 0.0806 e. The van der Waals surface area contributed by atoms with Gasteiger partial charge in [-0.2, -0.15) is 0 Å². The van der Waals surface area contributed by atoms with Gasteiger partial charge in [0.25, 0.3) is 0 Å². The zero-order valence-electron chi connectivity index (χ0n) is 12.5. The molecule has 1 heterocycles. The normalized spacial score (nSPS) is 26.2. The van der Waals surface area contributed by atoms with Gasteiger partial charge in [-0.05, 0) is 26.2 Å². The van der Waals surface area contributed by atoms with Gasteiger partial charge in [0.15, 0.2) is 0 Å². The van der Waals surface area contributed by atoms with E-state index in [1.54, 1.807) is 0 Å². The van der Waals surface area contributed by atoms with Gasteiger partial charge in [0.05, 0.1) is 11.7 Å². The number of alkyl halides is 1. The fraction of sp³-hybridized carbons (Fsp3) is 1.00. The topological polar surface area (TPSA) is 12.5 Å². The molecule has 2 nitrogen and oxygen atoms in total. The third kappa shape index (κ3) is 5.58. The Balaban J connectivity index is 2.48.